The highest BCUT2D eigenvalue weighted by Gasteiger charge is 2.14. The molecule has 0 atom stereocenters. The van der Waals surface area contributed by atoms with Gasteiger partial charge in [-0.05, 0) is 17.7 Å². The molecule has 4 nitrogen and oxygen atoms in total. The summed E-state index contributed by atoms with van der Waals surface area (Å²) < 4.78 is 24.4. The minimum atomic E-state index is -0.569. The lowest BCUT2D eigenvalue weighted by molar-refractivity contribution is 0.290. The SMILES string of the molecule is Nc1cc(-c2cc(F)c(OCc3ccccc3)c(Cl)c2)no1. The van der Waals surface area contributed by atoms with E-state index in [0.29, 0.717) is 11.3 Å². The van der Waals surface area contributed by atoms with E-state index in [4.69, 9.17) is 26.6 Å². The minimum Gasteiger partial charge on any atom is -0.484 e. The zero-order valence-corrected chi connectivity index (χ0v) is 12.2. The van der Waals surface area contributed by atoms with Gasteiger partial charge in [0.25, 0.3) is 0 Å². The molecule has 0 aliphatic rings. The summed E-state index contributed by atoms with van der Waals surface area (Å²) in [6, 6.07) is 13.8. The molecule has 1 aromatic heterocycles. The van der Waals surface area contributed by atoms with Crippen molar-refractivity contribution in [3.63, 3.8) is 0 Å². The van der Waals surface area contributed by atoms with Gasteiger partial charge in [-0.3, -0.25) is 0 Å². The van der Waals surface area contributed by atoms with Gasteiger partial charge in [-0.1, -0.05) is 47.1 Å². The Morgan fingerprint density at radius 3 is 2.59 bits per heavy atom. The van der Waals surface area contributed by atoms with E-state index >= 15 is 0 Å². The van der Waals surface area contributed by atoms with E-state index in [1.807, 2.05) is 30.3 Å². The molecule has 112 valence electrons. The van der Waals surface area contributed by atoms with Crippen LogP contribution in [0.25, 0.3) is 11.3 Å². The third-order valence-electron chi connectivity index (χ3n) is 3.05. The first kappa shape index (κ1) is 14.4. The second kappa shape index (κ2) is 6.07. The highest BCUT2D eigenvalue weighted by molar-refractivity contribution is 6.32. The van der Waals surface area contributed by atoms with Gasteiger partial charge >= 0.3 is 0 Å². The molecule has 1 heterocycles. The van der Waals surface area contributed by atoms with Crippen molar-refractivity contribution in [2.24, 2.45) is 0 Å². The highest BCUT2D eigenvalue weighted by Crippen LogP contribution is 2.34. The van der Waals surface area contributed by atoms with Gasteiger partial charge in [-0.2, -0.15) is 0 Å². The number of benzene rings is 2. The van der Waals surface area contributed by atoms with Crippen molar-refractivity contribution >= 4 is 17.5 Å². The van der Waals surface area contributed by atoms with Gasteiger partial charge in [0.2, 0.25) is 5.88 Å². The molecule has 2 aromatic carbocycles. The minimum absolute atomic E-state index is 0.00531. The van der Waals surface area contributed by atoms with Crippen molar-refractivity contribution in [2.75, 3.05) is 5.73 Å². The van der Waals surface area contributed by atoms with Crippen molar-refractivity contribution in [1.29, 1.82) is 0 Å². The number of nitrogens with two attached hydrogens (primary N) is 1. The van der Waals surface area contributed by atoms with Crippen molar-refractivity contribution < 1.29 is 13.7 Å². The Kier molecular flexibility index (Phi) is 3.98. The van der Waals surface area contributed by atoms with Crippen molar-refractivity contribution in [3.8, 4) is 17.0 Å². The Hall–Kier alpha value is -2.53. The number of ether oxygens (including phenoxy) is 1. The molecule has 0 fully saturated rings. The molecule has 0 saturated carbocycles. The van der Waals surface area contributed by atoms with Gasteiger partial charge in [-0.15, -0.1) is 0 Å². The average Bonchev–Trinajstić information content (AvgIpc) is 2.94. The summed E-state index contributed by atoms with van der Waals surface area (Å²) in [4.78, 5) is 0. The number of rotatable bonds is 4. The first-order valence-electron chi connectivity index (χ1n) is 6.52. The lowest BCUT2D eigenvalue weighted by atomic mass is 10.1. The van der Waals surface area contributed by atoms with Crippen LogP contribution in [0.1, 0.15) is 5.56 Å². The lowest BCUT2D eigenvalue weighted by Crippen LogP contribution is -1.98. The van der Waals surface area contributed by atoms with Crippen LogP contribution >= 0.6 is 11.6 Å². The number of nitrogen functional groups attached to an aromatic ring is 1. The van der Waals surface area contributed by atoms with Crippen LogP contribution in [-0.2, 0) is 6.61 Å². The zero-order chi connectivity index (χ0) is 15.5. The molecule has 0 spiro atoms. The molecular weight excluding hydrogens is 307 g/mol. The molecule has 0 bridgehead atoms. The van der Waals surface area contributed by atoms with Crippen LogP contribution < -0.4 is 10.5 Å². The monoisotopic (exact) mass is 318 g/mol. The maximum atomic E-state index is 14.2. The van der Waals surface area contributed by atoms with Crippen LogP contribution in [0.2, 0.25) is 5.02 Å². The van der Waals surface area contributed by atoms with Crippen LogP contribution in [0.3, 0.4) is 0 Å². The standard InChI is InChI=1S/C16H12ClFN2O2/c17-12-6-11(14-8-15(19)22-20-14)7-13(18)16(12)21-9-10-4-2-1-3-5-10/h1-8H,9,19H2. The number of hydrogen-bond donors (Lipinski definition) is 1. The van der Waals surface area contributed by atoms with Crippen LogP contribution in [0.4, 0.5) is 10.3 Å². The average molecular weight is 319 g/mol. The summed E-state index contributed by atoms with van der Waals surface area (Å²) in [5, 5.41) is 3.89. The Morgan fingerprint density at radius 1 is 1.18 bits per heavy atom. The molecule has 0 aliphatic carbocycles. The van der Waals surface area contributed by atoms with Crippen LogP contribution in [-0.4, -0.2) is 5.16 Å². The summed E-state index contributed by atoms with van der Waals surface area (Å²) in [6.07, 6.45) is 0. The highest BCUT2D eigenvalue weighted by atomic mass is 35.5. The molecule has 0 aliphatic heterocycles. The largest absolute Gasteiger partial charge is 0.484 e. The Morgan fingerprint density at radius 2 is 1.95 bits per heavy atom. The van der Waals surface area contributed by atoms with Crippen LogP contribution in [0.15, 0.2) is 53.1 Å². The molecule has 0 unspecified atom stereocenters. The third-order valence-corrected chi connectivity index (χ3v) is 3.33. The zero-order valence-electron chi connectivity index (χ0n) is 11.4. The lowest BCUT2D eigenvalue weighted by Gasteiger charge is -2.10. The Labute approximate surface area is 131 Å². The number of halogens is 2. The maximum absolute atomic E-state index is 14.2. The van der Waals surface area contributed by atoms with Crippen LogP contribution in [0.5, 0.6) is 5.75 Å². The summed E-state index contributed by atoms with van der Waals surface area (Å²) in [5.74, 6) is -0.415. The van der Waals surface area contributed by atoms with Gasteiger partial charge < -0.3 is 15.0 Å². The molecule has 3 aromatic rings. The fourth-order valence-electron chi connectivity index (χ4n) is 2.00. The van der Waals surface area contributed by atoms with Crippen molar-refractivity contribution in [2.45, 2.75) is 6.61 Å². The van der Waals surface area contributed by atoms with Gasteiger partial charge in [0, 0.05) is 11.6 Å². The Bertz CT molecular complexity index is 767. The molecule has 0 saturated heterocycles. The second-order valence-electron chi connectivity index (χ2n) is 4.66. The van der Waals surface area contributed by atoms with E-state index in [1.54, 1.807) is 6.07 Å². The van der Waals surface area contributed by atoms with Crippen molar-refractivity contribution in [3.05, 3.63) is 64.9 Å². The van der Waals surface area contributed by atoms with Gasteiger partial charge in [0.1, 0.15) is 12.3 Å². The number of anilines is 1. The predicted molar refractivity (Wildman–Crippen MR) is 82.1 cm³/mol. The normalized spacial score (nSPS) is 10.6. The van der Waals surface area contributed by atoms with Crippen molar-refractivity contribution in [1.82, 2.24) is 5.16 Å². The van der Waals surface area contributed by atoms with Crippen LogP contribution in [0, 0.1) is 5.82 Å². The molecule has 3 rings (SSSR count). The molecule has 0 radical (unpaired) electrons. The first-order valence-corrected chi connectivity index (χ1v) is 6.89. The third kappa shape index (κ3) is 3.04. The van der Waals surface area contributed by atoms with E-state index in [1.165, 1.54) is 12.1 Å². The summed E-state index contributed by atoms with van der Waals surface area (Å²) >= 11 is 6.10. The smallest absolute Gasteiger partial charge is 0.222 e. The number of nitrogens with zero attached hydrogens (tertiary/aromatic N) is 1. The van der Waals surface area contributed by atoms with Gasteiger partial charge in [-0.25, -0.2) is 4.39 Å². The van der Waals surface area contributed by atoms with E-state index in [2.05, 4.69) is 5.16 Å². The predicted octanol–water partition coefficient (Wildman–Crippen LogP) is 4.30. The van der Waals surface area contributed by atoms with E-state index in [-0.39, 0.29) is 23.3 Å². The summed E-state index contributed by atoms with van der Waals surface area (Å²) in [7, 11) is 0. The maximum Gasteiger partial charge on any atom is 0.222 e. The second-order valence-corrected chi connectivity index (χ2v) is 5.07. The van der Waals surface area contributed by atoms with E-state index < -0.39 is 5.82 Å². The van der Waals surface area contributed by atoms with E-state index in [9.17, 15) is 4.39 Å². The summed E-state index contributed by atoms with van der Waals surface area (Å²) in [5.41, 5.74) is 7.25. The quantitative estimate of drug-likeness (QED) is 0.779. The fourth-order valence-corrected chi connectivity index (χ4v) is 2.26. The molecule has 22 heavy (non-hydrogen) atoms. The fraction of sp³-hybridized carbons (Fsp3) is 0.0625. The van der Waals surface area contributed by atoms with E-state index in [0.717, 1.165) is 5.56 Å². The summed E-state index contributed by atoms with van der Waals surface area (Å²) in [6.45, 7) is 0.230. The number of aromatic nitrogens is 1. The molecular formula is C16H12ClFN2O2. The number of hydrogen-bond acceptors (Lipinski definition) is 4. The topological polar surface area (TPSA) is 61.3 Å². The molecule has 2 N–H and O–H groups in total. The Balaban J connectivity index is 1.84. The first-order chi connectivity index (χ1) is 10.6. The molecule has 6 heteroatoms. The van der Waals surface area contributed by atoms with Gasteiger partial charge in [0.15, 0.2) is 11.6 Å². The molecule has 0 amide bonds. The van der Waals surface area contributed by atoms with Gasteiger partial charge in [0.05, 0.1) is 5.02 Å².